The zero-order chi connectivity index (χ0) is 18.7. The second kappa shape index (κ2) is 17.4. The standard InChI is InChI=1S/C25H44O/c1-2-3-4-5-6-7-8-9-10-11-12-13-14-15-16-17-18-23-25(26)24-21-19-20-22-24/h19-22,26H,2-18,23H2,1H3. The summed E-state index contributed by atoms with van der Waals surface area (Å²) in [6, 6.07) is 0. The summed E-state index contributed by atoms with van der Waals surface area (Å²) >= 11 is 0. The van der Waals surface area contributed by atoms with Crippen molar-refractivity contribution in [3.05, 3.63) is 35.6 Å². The van der Waals surface area contributed by atoms with Gasteiger partial charge in [0.1, 0.15) is 0 Å². The highest BCUT2D eigenvalue weighted by Crippen LogP contribution is 2.18. The third kappa shape index (κ3) is 13.3. The Labute approximate surface area is 163 Å². The largest absolute Gasteiger partial charge is 0.512 e. The van der Waals surface area contributed by atoms with Crippen molar-refractivity contribution in [1.29, 1.82) is 0 Å². The van der Waals surface area contributed by atoms with E-state index < -0.39 is 0 Å². The van der Waals surface area contributed by atoms with Crippen molar-refractivity contribution in [3.8, 4) is 0 Å². The molecule has 0 atom stereocenters. The van der Waals surface area contributed by atoms with E-state index in [0.29, 0.717) is 5.76 Å². The molecule has 0 radical (unpaired) electrons. The van der Waals surface area contributed by atoms with Crippen LogP contribution in [0.25, 0.3) is 0 Å². The van der Waals surface area contributed by atoms with Crippen LogP contribution in [0, 0.1) is 0 Å². The van der Waals surface area contributed by atoms with E-state index in [1.165, 1.54) is 103 Å². The molecule has 0 saturated heterocycles. The van der Waals surface area contributed by atoms with Crippen LogP contribution in [-0.4, -0.2) is 5.11 Å². The van der Waals surface area contributed by atoms with E-state index >= 15 is 0 Å². The van der Waals surface area contributed by atoms with Gasteiger partial charge in [-0.15, -0.1) is 0 Å². The molecule has 1 heteroatoms. The monoisotopic (exact) mass is 360 g/mol. The zero-order valence-corrected chi connectivity index (χ0v) is 17.5. The van der Waals surface area contributed by atoms with Crippen molar-refractivity contribution in [3.63, 3.8) is 0 Å². The van der Waals surface area contributed by atoms with Gasteiger partial charge in [0.25, 0.3) is 0 Å². The predicted molar refractivity (Wildman–Crippen MR) is 117 cm³/mol. The number of hydrogen-bond donors (Lipinski definition) is 1. The van der Waals surface area contributed by atoms with Crippen molar-refractivity contribution in [2.75, 3.05) is 0 Å². The molecular weight excluding hydrogens is 316 g/mol. The van der Waals surface area contributed by atoms with E-state index in [9.17, 15) is 5.11 Å². The summed E-state index contributed by atoms with van der Waals surface area (Å²) < 4.78 is 0. The Morgan fingerprint density at radius 2 is 0.923 bits per heavy atom. The molecule has 0 aliphatic heterocycles. The Hall–Kier alpha value is -0.980. The van der Waals surface area contributed by atoms with E-state index in [1.54, 1.807) is 0 Å². The highest BCUT2D eigenvalue weighted by atomic mass is 16.3. The van der Waals surface area contributed by atoms with Gasteiger partial charge in [0, 0.05) is 12.0 Å². The fourth-order valence-electron chi connectivity index (χ4n) is 3.73. The summed E-state index contributed by atoms with van der Waals surface area (Å²) in [5.74, 6) is 0.566. The predicted octanol–water partition coefficient (Wildman–Crippen LogP) is 8.97. The summed E-state index contributed by atoms with van der Waals surface area (Å²) in [6.07, 6.45) is 32.5. The van der Waals surface area contributed by atoms with Crippen LogP contribution in [0.5, 0.6) is 0 Å². The van der Waals surface area contributed by atoms with Gasteiger partial charge >= 0.3 is 0 Å². The lowest BCUT2D eigenvalue weighted by atomic mass is 10.0. The maximum atomic E-state index is 9.95. The first-order valence-electron chi connectivity index (χ1n) is 11.6. The molecule has 1 nitrogen and oxygen atoms in total. The number of hydrogen-bond acceptors (Lipinski definition) is 1. The van der Waals surface area contributed by atoms with Gasteiger partial charge in [-0.1, -0.05) is 134 Å². The molecule has 0 bridgehead atoms. The molecule has 1 N–H and O–H groups in total. The zero-order valence-electron chi connectivity index (χ0n) is 17.5. The molecule has 0 unspecified atom stereocenters. The number of unbranched alkanes of at least 4 members (excludes halogenated alkanes) is 16. The second-order valence-electron chi connectivity index (χ2n) is 8.03. The topological polar surface area (TPSA) is 20.2 Å². The number of aliphatic hydroxyl groups is 1. The highest BCUT2D eigenvalue weighted by molar-refractivity contribution is 5.41. The second-order valence-corrected chi connectivity index (χ2v) is 8.03. The van der Waals surface area contributed by atoms with Crippen LogP contribution in [0.15, 0.2) is 35.6 Å². The van der Waals surface area contributed by atoms with E-state index in [2.05, 4.69) is 6.92 Å². The van der Waals surface area contributed by atoms with E-state index in [0.717, 1.165) is 18.4 Å². The molecule has 0 aromatic rings. The van der Waals surface area contributed by atoms with Gasteiger partial charge in [-0.2, -0.15) is 0 Å². The van der Waals surface area contributed by atoms with E-state index in [4.69, 9.17) is 0 Å². The van der Waals surface area contributed by atoms with Crippen LogP contribution in [0.3, 0.4) is 0 Å². The molecule has 0 amide bonds. The van der Waals surface area contributed by atoms with Crippen LogP contribution in [-0.2, 0) is 0 Å². The number of rotatable bonds is 18. The minimum absolute atomic E-state index is 0.566. The summed E-state index contributed by atoms with van der Waals surface area (Å²) in [5.41, 5.74) is 1.00. The van der Waals surface area contributed by atoms with E-state index in [1.807, 2.05) is 24.3 Å². The van der Waals surface area contributed by atoms with Crippen LogP contribution < -0.4 is 0 Å². The molecule has 0 saturated carbocycles. The Kier molecular flexibility index (Phi) is 15.5. The number of allylic oxidation sites excluding steroid dienone is 6. The average molecular weight is 361 g/mol. The quantitative estimate of drug-likeness (QED) is 0.191. The fraction of sp³-hybridized carbons (Fsp3) is 0.760. The fourth-order valence-corrected chi connectivity index (χ4v) is 3.73. The molecule has 26 heavy (non-hydrogen) atoms. The van der Waals surface area contributed by atoms with Gasteiger partial charge in [0.05, 0.1) is 5.76 Å². The third-order valence-corrected chi connectivity index (χ3v) is 5.51. The van der Waals surface area contributed by atoms with Crippen LogP contribution in [0.1, 0.15) is 122 Å². The van der Waals surface area contributed by atoms with Crippen molar-refractivity contribution in [2.24, 2.45) is 0 Å². The molecule has 150 valence electrons. The summed E-state index contributed by atoms with van der Waals surface area (Å²) in [4.78, 5) is 0. The van der Waals surface area contributed by atoms with Gasteiger partial charge in [0.15, 0.2) is 0 Å². The Morgan fingerprint density at radius 3 is 1.31 bits per heavy atom. The highest BCUT2D eigenvalue weighted by Gasteiger charge is 2.02. The third-order valence-electron chi connectivity index (χ3n) is 5.51. The van der Waals surface area contributed by atoms with Gasteiger partial charge in [-0.3, -0.25) is 0 Å². The normalized spacial score (nSPS) is 13.0. The van der Waals surface area contributed by atoms with Gasteiger partial charge < -0.3 is 5.11 Å². The number of aliphatic hydroxyl groups excluding tert-OH is 1. The first kappa shape index (κ1) is 23.1. The average Bonchev–Trinajstić information content (AvgIpc) is 3.19. The summed E-state index contributed by atoms with van der Waals surface area (Å²) in [5, 5.41) is 9.95. The first-order valence-corrected chi connectivity index (χ1v) is 11.6. The van der Waals surface area contributed by atoms with Crippen molar-refractivity contribution >= 4 is 0 Å². The van der Waals surface area contributed by atoms with Crippen molar-refractivity contribution < 1.29 is 5.11 Å². The SMILES string of the molecule is CCCCCCCCCCCCCCCCCCCC(O)=C1C=CC=C1. The molecule has 1 aliphatic rings. The minimum Gasteiger partial charge on any atom is -0.512 e. The molecule has 0 aromatic carbocycles. The molecule has 0 heterocycles. The molecular formula is C25H44O. The van der Waals surface area contributed by atoms with Gasteiger partial charge in [-0.25, -0.2) is 0 Å². The molecule has 0 spiro atoms. The Morgan fingerprint density at radius 1 is 0.577 bits per heavy atom. The minimum atomic E-state index is 0.566. The van der Waals surface area contributed by atoms with Gasteiger partial charge in [-0.05, 0) is 6.42 Å². The molecule has 1 aliphatic carbocycles. The lowest BCUT2D eigenvalue weighted by Gasteiger charge is -2.04. The molecule has 0 aromatic heterocycles. The van der Waals surface area contributed by atoms with Gasteiger partial charge in [0.2, 0.25) is 0 Å². The van der Waals surface area contributed by atoms with Crippen molar-refractivity contribution in [1.82, 2.24) is 0 Å². The van der Waals surface area contributed by atoms with Crippen molar-refractivity contribution in [2.45, 2.75) is 122 Å². The van der Waals surface area contributed by atoms with Crippen LogP contribution in [0.2, 0.25) is 0 Å². The smallest absolute Gasteiger partial charge is 0.0994 e. The lowest BCUT2D eigenvalue weighted by Crippen LogP contribution is -1.87. The lowest BCUT2D eigenvalue weighted by molar-refractivity contribution is 0.377. The maximum Gasteiger partial charge on any atom is 0.0994 e. The first-order chi connectivity index (χ1) is 12.8. The maximum absolute atomic E-state index is 9.95. The van der Waals surface area contributed by atoms with E-state index in [-0.39, 0.29) is 0 Å². The molecule has 1 rings (SSSR count). The Balaban J connectivity index is 1.73. The van der Waals surface area contributed by atoms with Crippen LogP contribution >= 0.6 is 0 Å². The summed E-state index contributed by atoms with van der Waals surface area (Å²) in [6.45, 7) is 2.29. The Bertz CT molecular complexity index is 388. The summed E-state index contributed by atoms with van der Waals surface area (Å²) in [7, 11) is 0. The van der Waals surface area contributed by atoms with Crippen LogP contribution in [0.4, 0.5) is 0 Å². The molecule has 0 fully saturated rings.